The second-order valence-electron chi connectivity index (χ2n) is 6.54. The monoisotopic (exact) mass is 296 g/mol. The first-order valence-electron chi connectivity index (χ1n) is 7.75. The highest BCUT2D eigenvalue weighted by Gasteiger charge is 2.12. The van der Waals surface area contributed by atoms with Crippen LogP contribution in [0.15, 0.2) is 48.5 Å². The number of carbonyl (C=O) groups excluding carboxylic acids is 1. The Labute approximate surface area is 133 Å². The van der Waals surface area contributed by atoms with E-state index in [9.17, 15) is 4.79 Å². The van der Waals surface area contributed by atoms with E-state index < -0.39 is 0 Å². The lowest BCUT2D eigenvalue weighted by Gasteiger charge is -2.19. The molecule has 0 N–H and O–H groups in total. The van der Waals surface area contributed by atoms with Crippen molar-refractivity contribution in [2.24, 2.45) is 0 Å². The van der Waals surface area contributed by atoms with Crippen molar-refractivity contribution in [1.82, 2.24) is 0 Å². The molecular weight excluding hydrogens is 272 g/mol. The first-order chi connectivity index (χ1) is 10.4. The summed E-state index contributed by atoms with van der Waals surface area (Å²) in [5.74, 6) is -0.261. The average molecular weight is 296 g/mol. The smallest absolute Gasteiger partial charge is 0.338 e. The molecule has 0 aliphatic rings. The first kappa shape index (κ1) is 16.3. The van der Waals surface area contributed by atoms with Gasteiger partial charge in [-0.15, -0.1) is 0 Å². The summed E-state index contributed by atoms with van der Waals surface area (Å²) in [4.78, 5) is 11.6. The van der Waals surface area contributed by atoms with Gasteiger partial charge in [0.15, 0.2) is 0 Å². The van der Waals surface area contributed by atoms with Gasteiger partial charge in [-0.1, -0.05) is 57.2 Å². The molecule has 0 saturated carbocycles. The van der Waals surface area contributed by atoms with Crippen LogP contribution in [0.4, 0.5) is 0 Å². The summed E-state index contributed by atoms with van der Waals surface area (Å²) < 4.78 is 4.99. The van der Waals surface area contributed by atoms with E-state index >= 15 is 0 Å². The van der Waals surface area contributed by atoms with Gasteiger partial charge in [-0.25, -0.2) is 4.79 Å². The number of benzene rings is 2. The van der Waals surface area contributed by atoms with E-state index in [0.717, 1.165) is 6.42 Å². The molecule has 2 heteroatoms. The topological polar surface area (TPSA) is 26.3 Å². The number of carbonyl (C=O) groups is 1. The number of esters is 1. The molecule has 116 valence electrons. The van der Waals surface area contributed by atoms with Crippen molar-refractivity contribution in [3.05, 3.63) is 70.8 Å². The molecule has 22 heavy (non-hydrogen) atoms. The maximum absolute atomic E-state index is 11.6. The average Bonchev–Trinajstić information content (AvgIpc) is 2.48. The van der Waals surface area contributed by atoms with Gasteiger partial charge < -0.3 is 4.74 Å². The van der Waals surface area contributed by atoms with Gasteiger partial charge in [0.05, 0.1) is 12.2 Å². The Bertz CT molecular complexity index is 616. The Morgan fingerprint density at radius 2 is 1.41 bits per heavy atom. The third-order valence-electron chi connectivity index (χ3n) is 3.69. The molecule has 0 bridgehead atoms. The number of hydrogen-bond acceptors (Lipinski definition) is 2. The number of ether oxygens (including phenoxy) is 1. The predicted octanol–water partition coefficient (Wildman–Crippen LogP) is 4.75. The first-order valence-corrected chi connectivity index (χ1v) is 7.75. The summed E-state index contributed by atoms with van der Waals surface area (Å²) in [6.07, 6.45) is 0.869. The molecule has 2 nitrogen and oxygen atoms in total. The SMILES string of the molecule is CCOC(=O)c1ccc(Cc2ccc(C(C)(C)C)cc2)cc1. The van der Waals surface area contributed by atoms with Gasteiger partial charge >= 0.3 is 5.97 Å². The van der Waals surface area contributed by atoms with Crippen LogP contribution in [0.3, 0.4) is 0 Å². The summed E-state index contributed by atoms with van der Waals surface area (Å²) >= 11 is 0. The lowest BCUT2D eigenvalue weighted by molar-refractivity contribution is 0.0526. The van der Waals surface area contributed by atoms with Crippen LogP contribution in [0, 0.1) is 0 Å². The molecule has 0 unspecified atom stereocenters. The van der Waals surface area contributed by atoms with Crippen LogP contribution in [-0.2, 0) is 16.6 Å². The quantitative estimate of drug-likeness (QED) is 0.761. The minimum absolute atomic E-state index is 0.180. The molecule has 2 rings (SSSR count). The molecule has 0 aliphatic carbocycles. The molecule has 2 aromatic rings. The zero-order chi connectivity index (χ0) is 16.2. The lowest BCUT2D eigenvalue weighted by Crippen LogP contribution is -2.10. The molecule has 0 aliphatic heterocycles. The Kier molecular flexibility index (Phi) is 5.02. The number of rotatable bonds is 4. The van der Waals surface area contributed by atoms with Crippen molar-refractivity contribution < 1.29 is 9.53 Å². The van der Waals surface area contributed by atoms with E-state index in [1.165, 1.54) is 16.7 Å². The summed E-state index contributed by atoms with van der Waals surface area (Å²) in [6.45, 7) is 8.87. The summed E-state index contributed by atoms with van der Waals surface area (Å²) in [7, 11) is 0. The normalized spacial score (nSPS) is 11.3. The van der Waals surface area contributed by atoms with Crippen LogP contribution in [0.25, 0.3) is 0 Å². The van der Waals surface area contributed by atoms with Crippen molar-refractivity contribution >= 4 is 5.97 Å². The Morgan fingerprint density at radius 1 is 0.909 bits per heavy atom. The number of hydrogen-bond donors (Lipinski definition) is 0. The molecule has 0 radical (unpaired) electrons. The van der Waals surface area contributed by atoms with Crippen molar-refractivity contribution in [3.63, 3.8) is 0 Å². The molecule has 0 aromatic heterocycles. The van der Waals surface area contributed by atoms with Crippen LogP contribution in [0.2, 0.25) is 0 Å². The fourth-order valence-corrected chi connectivity index (χ4v) is 2.33. The van der Waals surface area contributed by atoms with Crippen molar-refractivity contribution in [1.29, 1.82) is 0 Å². The van der Waals surface area contributed by atoms with Crippen LogP contribution < -0.4 is 0 Å². The van der Waals surface area contributed by atoms with Crippen LogP contribution in [0.1, 0.15) is 54.7 Å². The van der Waals surface area contributed by atoms with Gasteiger partial charge in [0.25, 0.3) is 0 Å². The summed E-state index contributed by atoms with van der Waals surface area (Å²) in [5.41, 5.74) is 4.59. The van der Waals surface area contributed by atoms with Gasteiger partial charge in [-0.05, 0) is 47.6 Å². The summed E-state index contributed by atoms with van der Waals surface area (Å²) in [6, 6.07) is 16.4. The maximum atomic E-state index is 11.6. The third-order valence-corrected chi connectivity index (χ3v) is 3.69. The minimum atomic E-state index is -0.261. The van der Waals surface area contributed by atoms with Crippen LogP contribution in [0.5, 0.6) is 0 Å². The van der Waals surface area contributed by atoms with Crippen molar-refractivity contribution in [2.45, 2.75) is 39.5 Å². The highest BCUT2D eigenvalue weighted by molar-refractivity contribution is 5.89. The van der Waals surface area contributed by atoms with Crippen LogP contribution in [-0.4, -0.2) is 12.6 Å². The van der Waals surface area contributed by atoms with Crippen molar-refractivity contribution in [3.8, 4) is 0 Å². The fraction of sp³-hybridized carbons (Fsp3) is 0.350. The highest BCUT2D eigenvalue weighted by Crippen LogP contribution is 2.23. The van der Waals surface area contributed by atoms with E-state index in [-0.39, 0.29) is 11.4 Å². The van der Waals surface area contributed by atoms with E-state index in [1.807, 2.05) is 31.2 Å². The zero-order valence-corrected chi connectivity index (χ0v) is 13.8. The Hall–Kier alpha value is -2.09. The van der Waals surface area contributed by atoms with Crippen LogP contribution >= 0.6 is 0 Å². The zero-order valence-electron chi connectivity index (χ0n) is 13.8. The van der Waals surface area contributed by atoms with Crippen molar-refractivity contribution in [2.75, 3.05) is 6.61 Å². The molecule has 0 saturated heterocycles. The third kappa shape index (κ3) is 4.20. The maximum Gasteiger partial charge on any atom is 0.338 e. The molecule has 2 aromatic carbocycles. The largest absolute Gasteiger partial charge is 0.462 e. The predicted molar refractivity (Wildman–Crippen MR) is 90.3 cm³/mol. The van der Waals surface area contributed by atoms with Gasteiger partial charge in [0.2, 0.25) is 0 Å². The lowest BCUT2D eigenvalue weighted by atomic mass is 9.86. The van der Waals surface area contributed by atoms with E-state index in [0.29, 0.717) is 12.2 Å². The minimum Gasteiger partial charge on any atom is -0.462 e. The second-order valence-corrected chi connectivity index (χ2v) is 6.54. The molecule has 0 fully saturated rings. The second kappa shape index (κ2) is 6.78. The fourth-order valence-electron chi connectivity index (χ4n) is 2.33. The highest BCUT2D eigenvalue weighted by atomic mass is 16.5. The van der Waals surface area contributed by atoms with Gasteiger partial charge in [-0.2, -0.15) is 0 Å². The van der Waals surface area contributed by atoms with E-state index in [1.54, 1.807) is 0 Å². The summed E-state index contributed by atoms with van der Waals surface area (Å²) in [5, 5.41) is 0. The van der Waals surface area contributed by atoms with Gasteiger partial charge in [0, 0.05) is 0 Å². The molecule has 0 amide bonds. The van der Waals surface area contributed by atoms with Gasteiger partial charge in [-0.3, -0.25) is 0 Å². The van der Waals surface area contributed by atoms with E-state index in [2.05, 4.69) is 45.0 Å². The van der Waals surface area contributed by atoms with E-state index in [4.69, 9.17) is 4.74 Å². The molecular formula is C20H24O2. The Morgan fingerprint density at radius 3 is 1.86 bits per heavy atom. The Balaban J connectivity index is 2.06. The molecule has 0 heterocycles. The molecule has 0 atom stereocenters. The molecule has 0 spiro atoms. The standard InChI is InChI=1S/C20H24O2/c1-5-22-19(21)17-10-6-15(7-11-17)14-16-8-12-18(13-9-16)20(2,3)4/h6-13H,5,14H2,1-4H3. The van der Waals surface area contributed by atoms with Gasteiger partial charge in [0.1, 0.15) is 0 Å².